The summed E-state index contributed by atoms with van der Waals surface area (Å²) >= 11 is 0. The first-order valence-corrected chi connectivity index (χ1v) is 8.68. The van der Waals surface area contributed by atoms with Gasteiger partial charge in [0, 0.05) is 18.1 Å². The number of nitrogens with two attached hydrogens (primary N) is 1. The zero-order valence-corrected chi connectivity index (χ0v) is 13.5. The van der Waals surface area contributed by atoms with Crippen LogP contribution >= 0.6 is 0 Å². The van der Waals surface area contributed by atoms with Crippen LogP contribution in [0.1, 0.15) is 60.9 Å². The fourth-order valence-corrected chi connectivity index (χ4v) is 3.35. The fourth-order valence-electron chi connectivity index (χ4n) is 3.35. The minimum Gasteiger partial charge on any atom is -0.396 e. The molecular weight excluding hydrogens is 274 g/mol. The normalized spacial score (nSPS) is 21.7. The smallest absolute Gasteiger partial charge is 0.165 e. The van der Waals surface area contributed by atoms with Crippen molar-refractivity contribution in [2.24, 2.45) is 17.6 Å². The van der Waals surface area contributed by atoms with E-state index in [9.17, 15) is 4.79 Å². The lowest BCUT2D eigenvalue weighted by molar-refractivity contribution is 0.0873. The van der Waals surface area contributed by atoms with Crippen LogP contribution in [0.3, 0.4) is 0 Å². The number of ketones is 1. The van der Waals surface area contributed by atoms with Gasteiger partial charge in [0.05, 0.1) is 0 Å². The van der Waals surface area contributed by atoms with E-state index < -0.39 is 0 Å². The molecule has 1 aromatic rings. The zero-order valence-electron chi connectivity index (χ0n) is 13.5. The van der Waals surface area contributed by atoms with Gasteiger partial charge in [-0.05, 0) is 63.0 Å². The molecule has 1 saturated carbocycles. The van der Waals surface area contributed by atoms with Crippen LogP contribution in [0.15, 0.2) is 24.3 Å². The van der Waals surface area contributed by atoms with Gasteiger partial charge in [0.1, 0.15) is 0 Å². The number of benzene rings is 1. The molecule has 122 valence electrons. The van der Waals surface area contributed by atoms with Crippen molar-refractivity contribution in [3.8, 4) is 0 Å². The lowest BCUT2D eigenvalue weighted by Crippen LogP contribution is -2.25. The van der Waals surface area contributed by atoms with Crippen molar-refractivity contribution in [3.63, 3.8) is 0 Å². The topological polar surface area (TPSA) is 63.3 Å². The van der Waals surface area contributed by atoms with Crippen LogP contribution in [-0.2, 0) is 6.42 Å². The average Bonchev–Trinajstić information content (AvgIpc) is 2.59. The first-order chi connectivity index (χ1) is 10.7. The summed E-state index contributed by atoms with van der Waals surface area (Å²) in [7, 11) is 0. The lowest BCUT2D eigenvalue weighted by atomic mass is 9.78. The minimum absolute atomic E-state index is 0.193. The van der Waals surface area contributed by atoms with Crippen LogP contribution in [0.4, 0.5) is 0 Å². The molecule has 0 bridgehead atoms. The van der Waals surface area contributed by atoms with E-state index in [1.54, 1.807) is 0 Å². The van der Waals surface area contributed by atoms with Gasteiger partial charge in [0.15, 0.2) is 5.78 Å². The summed E-state index contributed by atoms with van der Waals surface area (Å²) in [4.78, 5) is 12.5. The number of rotatable bonds is 8. The van der Waals surface area contributed by atoms with E-state index in [0.717, 1.165) is 63.5 Å². The van der Waals surface area contributed by atoms with Gasteiger partial charge in [0.2, 0.25) is 0 Å². The second-order valence-corrected chi connectivity index (χ2v) is 6.55. The number of unbranched alkanes of at least 4 members (excludes halogenated alkanes) is 2. The van der Waals surface area contributed by atoms with Crippen molar-refractivity contribution in [2.75, 3.05) is 13.2 Å². The number of aliphatic hydroxyl groups is 1. The molecule has 3 heteroatoms. The molecule has 22 heavy (non-hydrogen) atoms. The van der Waals surface area contributed by atoms with Crippen LogP contribution < -0.4 is 5.73 Å². The molecule has 0 unspecified atom stereocenters. The van der Waals surface area contributed by atoms with Crippen molar-refractivity contribution in [3.05, 3.63) is 35.4 Å². The summed E-state index contributed by atoms with van der Waals surface area (Å²) in [6, 6.07) is 8.13. The number of carbonyl (C=O) groups is 1. The molecule has 0 aromatic heterocycles. The number of aliphatic hydroxyl groups excluding tert-OH is 1. The second kappa shape index (κ2) is 9.06. The zero-order chi connectivity index (χ0) is 15.8. The van der Waals surface area contributed by atoms with E-state index >= 15 is 0 Å². The summed E-state index contributed by atoms with van der Waals surface area (Å²) < 4.78 is 0. The predicted molar refractivity (Wildman–Crippen MR) is 89.9 cm³/mol. The van der Waals surface area contributed by atoms with Gasteiger partial charge in [0.25, 0.3) is 0 Å². The highest BCUT2D eigenvalue weighted by atomic mass is 16.2. The Morgan fingerprint density at radius 2 is 1.73 bits per heavy atom. The number of Topliss-reactive ketones (excluding diaryl/α,β-unsaturated/α-hetero) is 1. The second-order valence-electron chi connectivity index (χ2n) is 6.55. The van der Waals surface area contributed by atoms with Crippen LogP contribution in [0.2, 0.25) is 0 Å². The Bertz CT molecular complexity index is 447. The molecule has 0 radical (unpaired) electrons. The van der Waals surface area contributed by atoms with Gasteiger partial charge in [-0.15, -0.1) is 0 Å². The molecule has 1 aromatic carbocycles. The van der Waals surface area contributed by atoms with Crippen molar-refractivity contribution >= 4 is 5.78 Å². The van der Waals surface area contributed by atoms with Crippen LogP contribution in [0.5, 0.6) is 0 Å². The summed E-state index contributed by atoms with van der Waals surface area (Å²) in [6.45, 7) is 1.03. The van der Waals surface area contributed by atoms with Gasteiger partial charge in [-0.1, -0.05) is 30.7 Å². The predicted octanol–water partition coefficient (Wildman–Crippen LogP) is 3.34. The van der Waals surface area contributed by atoms with Crippen LogP contribution in [0, 0.1) is 11.8 Å². The van der Waals surface area contributed by atoms with Gasteiger partial charge < -0.3 is 10.8 Å². The Kier molecular flexibility index (Phi) is 7.07. The summed E-state index contributed by atoms with van der Waals surface area (Å²) in [6.07, 6.45) is 8.22. The standard InChI is InChI=1S/C19H29NO2/c20-14-16-7-11-18(12-8-16)19(22)17-9-5-15(6-10-17)4-2-1-3-13-21/h5-6,9-10,16,18,21H,1-4,7-8,11-14,20H2. The van der Waals surface area contributed by atoms with E-state index in [2.05, 4.69) is 12.1 Å². The molecule has 0 spiro atoms. The molecule has 1 aliphatic rings. The van der Waals surface area contributed by atoms with E-state index in [-0.39, 0.29) is 12.5 Å². The average molecular weight is 303 g/mol. The Morgan fingerprint density at radius 1 is 1.05 bits per heavy atom. The van der Waals surface area contributed by atoms with Gasteiger partial charge in [-0.3, -0.25) is 4.79 Å². The highest BCUT2D eigenvalue weighted by molar-refractivity contribution is 5.97. The Balaban J connectivity index is 1.83. The van der Waals surface area contributed by atoms with E-state index in [1.165, 1.54) is 5.56 Å². The molecule has 0 saturated heterocycles. The van der Waals surface area contributed by atoms with Crippen LogP contribution in [0.25, 0.3) is 0 Å². The third-order valence-electron chi connectivity index (χ3n) is 4.91. The number of hydrogen-bond donors (Lipinski definition) is 2. The first-order valence-electron chi connectivity index (χ1n) is 8.68. The Hall–Kier alpha value is -1.19. The monoisotopic (exact) mass is 303 g/mol. The molecule has 3 N–H and O–H groups in total. The lowest BCUT2D eigenvalue weighted by Gasteiger charge is -2.26. The van der Waals surface area contributed by atoms with Gasteiger partial charge in [-0.2, -0.15) is 0 Å². The van der Waals surface area contributed by atoms with E-state index in [4.69, 9.17) is 10.8 Å². The molecule has 1 aliphatic carbocycles. The highest BCUT2D eigenvalue weighted by Gasteiger charge is 2.26. The third kappa shape index (κ3) is 4.92. The Morgan fingerprint density at radius 3 is 2.32 bits per heavy atom. The molecule has 0 aliphatic heterocycles. The maximum absolute atomic E-state index is 12.5. The highest BCUT2D eigenvalue weighted by Crippen LogP contribution is 2.30. The molecule has 0 amide bonds. The van der Waals surface area contributed by atoms with E-state index in [1.807, 2.05) is 12.1 Å². The molecule has 1 fully saturated rings. The van der Waals surface area contributed by atoms with Crippen LogP contribution in [-0.4, -0.2) is 24.0 Å². The van der Waals surface area contributed by atoms with E-state index in [0.29, 0.717) is 11.7 Å². The van der Waals surface area contributed by atoms with Gasteiger partial charge in [-0.25, -0.2) is 0 Å². The SMILES string of the molecule is NCC1CCC(C(=O)c2ccc(CCCCCO)cc2)CC1. The van der Waals surface area contributed by atoms with Crippen molar-refractivity contribution < 1.29 is 9.90 Å². The molecule has 0 heterocycles. The fraction of sp³-hybridized carbons (Fsp3) is 0.632. The molecule has 0 atom stereocenters. The van der Waals surface area contributed by atoms with Crippen molar-refractivity contribution in [1.82, 2.24) is 0 Å². The van der Waals surface area contributed by atoms with Crippen molar-refractivity contribution in [1.29, 1.82) is 0 Å². The molecule has 3 nitrogen and oxygen atoms in total. The minimum atomic E-state index is 0.193. The maximum Gasteiger partial charge on any atom is 0.165 e. The molecule has 2 rings (SSSR count). The van der Waals surface area contributed by atoms with Crippen molar-refractivity contribution in [2.45, 2.75) is 51.4 Å². The summed E-state index contributed by atoms with van der Waals surface area (Å²) in [5.74, 6) is 1.12. The van der Waals surface area contributed by atoms with Gasteiger partial charge >= 0.3 is 0 Å². The largest absolute Gasteiger partial charge is 0.396 e. The summed E-state index contributed by atoms with van der Waals surface area (Å²) in [5, 5.41) is 8.77. The summed E-state index contributed by atoms with van der Waals surface area (Å²) in [5.41, 5.74) is 7.85. The first kappa shape index (κ1) is 17.2. The Labute approximate surface area is 133 Å². The number of carbonyl (C=O) groups excluding carboxylic acids is 1. The number of aryl methyl sites for hydroxylation is 1. The third-order valence-corrected chi connectivity index (χ3v) is 4.91. The molecular formula is C19H29NO2. The maximum atomic E-state index is 12.5. The quantitative estimate of drug-likeness (QED) is 0.572. The number of hydrogen-bond acceptors (Lipinski definition) is 3.